The number of hydrogen-bond acceptors (Lipinski definition) is 5. The molecule has 1 aliphatic rings. The van der Waals surface area contributed by atoms with Crippen molar-refractivity contribution in [2.24, 2.45) is 0 Å². The predicted octanol–water partition coefficient (Wildman–Crippen LogP) is 4.19. The minimum atomic E-state index is -4.44. The molecule has 0 bridgehead atoms. The maximum atomic E-state index is 12.7. The van der Waals surface area contributed by atoms with Crippen molar-refractivity contribution in [1.82, 2.24) is 14.9 Å². The van der Waals surface area contributed by atoms with Crippen molar-refractivity contribution in [3.05, 3.63) is 38.4 Å². The maximum Gasteiger partial charge on any atom is 0.417 e. The highest BCUT2D eigenvalue weighted by atomic mass is 35.5. The second-order valence-corrected chi connectivity index (χ2v) is 7.47. The van der Waals surface area contributed by atoms with E-state index in [4.69, 9.17) is 23.2 Å². The maximum absolute atomic E-state index is 12.7. The number of aromatic nitrogens is 2. The first-order valence-corrected chi connectivity index (χ1v) is 8.70. The van der Waals surface area contributed by atoms with E-state index in [9.17, 15) is 13.2 Å². The molecule has 2 aromatic heterocycles. The summed E-state index contributed by atoms with van der Waals surface area (Å²) in [7, 11) is 0. The summed E-state index contributed by atoms with van der Waals surface area (Å²) in [5, 5.41) is 0.0208. The average Bonchev–Trinajstić information content (AvgIpc) is 2.92. The molecule has 0 unspecified atom stereocenters. The average molecular weight is 397 g/mol. The molecule has 3 rings (SSSR count). The lowest BCUT2D eigenvalue weighted by atomic mass is 10.2. The van der Waals surface area contributed by atoms with E-state index in [1.165, 1.54) is 11.3 Å². The highest BCUT2D eigenvalue weighted by Crippen LogP contribution is 2.33. The lowest BCUT2D eigenvalue weighted by molar-refractivity contribution is -0.137. The molecule has 0 aromatic carbocycles. The molecule has 1 aliphatic heterocycles. The van der Waals surface area contributed by atoms with E-state index in [1.54, 1.807) is 6.20 Å². The van der Waals surface area contributed by atoms with Gasteiger partial charge in [-0.25, -0.2) is 9.97 Å². The molecule has 0 amide bonds. The van der Waals surface area contributed by atoms with Crippen LogP contribution in [0.25, 0.3) is 0 Å². The topological polar surface area (TPSA) is 32.3 Å². The molecular weight excluding hydrogens is 384 g/mol. The Morgan fingerprint density at radius 1 is 1.08 bits per heavy atom. The van der Waals surface area contributed by atoms with Gasteiger partial charge in [0.1, 0.15) is 5.82 Å². The van der Waals surface area contributed by atoms with Crippen LogP contribution in [0.4, 0.5) is 19.0 Å². The third-order valence-electron chi connectivity index (χ3n) is 3.73. The van der Waals surface area contributed by atoms with E-state index in [-0.39, 0.29) is 5.02 Å². The van der Waals surface area contributed by atoms with Crippen molar-refractivity contribution in [1.29, 1.82) is 0 Å². The summed E-state index contributed by atoms with van der Waals surface area (Å²) in [6, 6.07) is 0.926. The van der Waals surface area contributed by atoms with Crippen LogP contribution in [-0.4, -0.2) is 41.0 Å². The zero-order chi connectivity index (χ0) is 17.3. The van der Waals surface area contributed by atoms with Gasteiger partial charge < -0.3 is 4.90 Å². The van der Waals surface area contributed by atoms with E-state index < -0.39 is 11.7 Å². The fourth-order valence-electron chi connectivity index (χ4n) is 2.51. The van der Waals surface area contributed by atoms with E-state index in [0.717, 1.165) is 36.8 Å². The molecule has 10 heteroatoms. The van der Waals surface area contributed by atoms with Crippen molar-refractivity contribution in [3.8, 4) is 0 Å². The van der Waals surface area contributed by atoms with Crippen molar-refractivity contribution in [3.63, 3.8) is 0 Å². The SMILES string of the molecule is FC(F)(F)c1cnc(N2CCN(Cc3cnc(Cl)s3)CC2)c(Cl)c1. The predicted molar refractivity (Wildman–Crippen MR) is 88.9 cm³/mol. The first kappa shape index (κ1) is 17.7. The first-order chi connectivity index (χ1) is 11.3. The van der Waals surface area contributed by atoms with Crippen molar-refractivity contribution in [2.45, 2.75) is 12.7 Å². The normalized spacial score (nSPS) is 16.6. The Labute approximate surface area is 150 Å². The van der Waals surface area contributed by atoms with Gasteiger partial charge in [0.15, 0.2) is 4.47 Å². The molecule has 1 fully saturated rings. The van der Waals surface area contributed by atoms with Gasteiger partial charge >= 0.3 is 6.18 Å². The molecule has 0 saturated carbocycles. The zero-order valence-corrected chi connectivity index (χ0v) is 14.7. The molecule has 3 heterocycles. The summed E-state index contributed by atoms with van der Waals surface area (Å²) in [5.74, 6) is 0.394. The molecule has 130 valence electrons. The first-order valence-electron chi connectivity index (χ1n) is 7.13. The number of rotatable bonds is 3. The van der Waals surface area contributed by atoms with Crippen LogP contribution < -0.4 is 4.90 Å². The summed E-state index contributed by atoms with van der Waals surface area (Å²) < 4.78 is 38.5. The third-order valence-corrected chi connectivity index (χ3v) is 5.10. The highest BCUT2D eigenvalue weighted by molar-refractivity contribution is 7.15. The molecule has 4 nitrogen and oxygen atoms in total. The number of hydrogen-bond donors (Lipinski definition) is 0. The number of nitrogens with zero attached hydrogens (tertiary/aromatic N) is 4. The van der Waals surface area contributed by atoms with Gasteiger partial charge in [-0.15, -0.1) is 11.3 Å². The number of piperazine rings is 1. The minimum absolute atomic E-state index is 0.0208. The second-order valence-electron chi connectivity index (χ2n) is 5.37. The van der Waals surface area contributed by atoms with Crippen molar-refractivity contribution < 1.29 is 13.2 Å². The number of thiazole rings is 1. The molecule has 0 N–H and O–H groups in total. The number of anilines is 1. The summed E-state index contributed by atoms with van der Waals surface area (Å²) in [5.41, 5.74) is -0.836. The van der Waals surface area contributed by atoms with E-state index in [0.29, 0.717) is 23.4 Å². The van der Waals surface area contributed by atoms with Gasteiger partial charge in [-0.05, 0) is 6.07 Å². The fraction of sp³-hybridized carbons (Fsp3) is 0.429. The Morgan fingerprint density at radius 2 is 1.79 bits per heavy atom. The van der Waals surface area contributed by atoms with Crippen LogP contribution in [0, 0.1) is 0 Å². The van der Waals surface area contributed by atoms with Crippen LogP contribution >= 0.6 is 34.5 Å². The largest absolute Gasteiger partial charge is 0.417 e. The summed E-state index contributed by atoms with van der Waals surface area (Å²) in [6.45, 7) is 3.56. The smallest absolute Gasteiger partial charge is 0.353 e. The number of pyridine rings is 1. The molecule has 0 spiro atoms. The van der Waals surface area contributed by atoms with Gasteiger partial charge in [-0.3, -0.25) is 4.90 Å². The van der Waals surface area contributed by atoms with Crippen LogP contribution in [0.3, 0.4) is 0 Å². The molecule has 2 aromatic rings. The van der Waals surface area contributed by atoms with E-state index in [2.05, 4.69) is 14.9 Å². The molecule has 0 atom stereocenters. The van der Waals surface area contributed by atoms with Gasteiger partial charge in [0.05, 0.1) is 10.6 Å². The Bertz CT molecular complexity index is 714. The van der Waals surface area contributed by atoms with Crippen LogP contribution in [0.1, 0.15) is 10.4 Å². The minimum Gasteiger partial charge on any atom is -0.353 e. The summed E-state index contributed by atoms with van der Waals surface area (Å²) in [4.78, 5) is 13.1. The Morgan fingerprint density at radius 3 is 2.33 bits per heavy atom. The monoisotopic (exact) mass is 396 g/mol. The van der Waals surface area contributed by atoms with Crippen molar-refractivity contribution >= 4 is 40.4 Å². The molecule has 0 radical (unpaired) electrons. The lowest BCUT2D eigenvalue weighted by Crippen LogP contribution is -2.46. The van der Waals surface area contributed by atoms with Gasteiger partial charge in [0, 0.05) is 50.0 Å². The van der Waals surface area contributed by atoms with Gasteiger partial charge in [-0.1, -0.05) is 23.2 Å². The lowest BCUT2D eigenvalue weighted by Gasteiger charge is -2.35. The Balaban J connectivity index is 1.62. The quantitative estimate of drug-likeness (QED) is 0.778. The molecule has 24 heavy (non-hydrogen) atoms. The Kier molecular flexibility index (Phi) is 5.19. The van der Waals surface area contributed by atoms with Crippen LogP contribution in [0.15, 0.2) is 18.5 Å². The molecular formula is C14H13Cl2F3N4S. The fourth-order valence-corrected chi connectivity index (χ4v) is 3.82. The zero-order valence-electron chi connectivity index (χ0n) is 12.4. The van der Waals surface area contributed by atoms with Gasteiger partial charge in [0.2, 0.25) is 0 Å². The molecule has 1 saturated heterocycles. The second kappa shape index (κ2) is 7.03. The van der Waals surface area contributed by atoms with Crippen molar-refractivity contribution in [2.75, 3.05) is 31.1 Å². The third kappa shape index (κ3) is 4.11. The number of halogens is 5. The Hall–Kier alpha value is -1.09. The molecule has 0 aliphatic carbocycles. The highest BCUT2D eigenvalue weighted by Gasteiger charge is 2.32. The van der Waals surface area contributed by atoms with Crippen LogP contribution in [-0.2, 0) is 12.7 Å². The number of alkyl halides is 3. The van der Waals surface area contributed by atoms with Gasteiger partial charge in [-0.2, -0.15) is 13.2 Å². The van der Waals surface area contributed by atoms with E-state index in [1.807, 2.05) is 4.90 Å². The van der Waals surface area contributed by atoms with Crippen LogP contribution in [0.2, 0.25) is 9.49 Å². The van der Waals surface area contributed by atoms with E-state index >= 15 is 0 Å². The standard InChI is InChI=1S/C14H13Cl2F3N4S/c15-11-5-9(14(17,18)19)6-20-12(11)23-3-1-22(2-4-23)8-10-7-21-13(16)24-10/h5-7H,1-4,8H2. The summed E-state index contributed by atoms with van der Waals surface area (Å²) in [6.07, 6.45) is -1.86. The van der Waals surface area contributed by atoms with Gasteiger partial charge in [0.25, 0.3) is 0 Å². The van der Waals surface area contributed by atoms with Crippen LogP contribution in [0.5, 0.6) is 0 Å². The summed E-state index contributed by atoms with van der Waals surface area (Å²) >= 11 is 13.3.